The molecule has 1 aliphatic carbocycles. The van der Waals surface area contributed by atoms with Gasteiger partial charge in [0.05, 0.1) is 6.61 Å². The second-order valence-corrected chi connectivity index (χ2v) is 6.47. The fraction of sp³-hybridized carbons (Fsp3) is 1.00. The monoisotopic (exact) mass is 287 g/mol. The summed E-state index contributed by atoms with van der Waals surface area (Å²) in [6.07, 6.45) is 5.90. The molecule has 1 saturated carbocycles. The first-order chi connectivity index (χ1) is 9.65. The van der Waals surface area contributed by atoms with Crippen LogP contribution in [0.15, 0.2) is 0 Å². The van der Waals surface area contributed by atoms with Crippen LogP contribution in [0.1, 0.15) is 39.0 Å². The third kappa shape index (κ3) is 6.08. The maximum atomic E-state index is 9.92. The molecule has 0 heterocycles. The topological polar surface area (TPSA) is 41.9 Å². The zero-order chi connectivity index (χ0) is 14.8. The van der Waals surface area contributed by atoms with Crippen LogP contribution in [0.5, 0.6) is 0 Å². The first kappa shape index (κ1) is 17.9. The SMILES string of the molecule is COCCCN(CCOC)CC1(CO)CCCC(C)C1. The summed E-state index contributed by atoms with van der Waals surface area (Å²) in [6, 6.07) is 0. The standard InChI is InChI=1S/C16H33NO3/c1-15-6-4-7-16(12-15,14-18)13-17(9-11-20-3)8-5-10-19-2/h15,18H,4-14H2,1-3H3. The van der Waals surface area contributed by atoms with Gasteiger partial charge in [0.1, 0.15) is 0 Å². The molecule has 4 nitrogen and oxygen atoms in total. The van der Waals surface area contributed by atoms with E-state index in [0.29, 0.717) is 6.61 Å². The summed E-state index contributed by atoms with van der Waals surface area (Å²) in [7, 11) is 3.50. The largest absolute Gasteiger partial charge is 0.396 e. The van der Waals surface area contributed by atoms with E-state index in [0.717, 1.165) is 58.0 Å². The Morgan fingerprint density at radius 3 is 2.55 bits per heavy atom. The quantitative estimate of drug-likeness (QED) is 0.625. The highest BCUT2D eigenvalue weighted by Gasteiger charge is 2.35. The van der Waals surface area contributed by atoms with Crippen LogP contribution in [-0.4, -0.2) is 63.7 Å². The van der Waals surface area contributed by atoms with Gasteiger partial charge in [0.2, 0.25) is 0 Å². The molecule has 1 fully saturated rings. The first-order valence-corrected chi connectivity index (χ1v) is 7.97. The minimum absolute atomic E-state index is 0.0957. The van der Waals surface area contributed by atoms with Gasteiger partial charge in [0.15, 0.2) is 0 Å². The summed E-state index contributed by atoms with van der Waals surface area (Å²) in [5.74, 6) is 0.735. The summed E-state index contributed by atoms with van der Waals surface area (Å²) in [6.45, 7) is 7.12. The van der Waals surface area contributed by atoms with Crippen LogP contribution >= 0.6 is 0 Å². The van der Waals surface area contributed by atoms with E-state index < -0.39 is 0 Å². The third-order valence-electron chi connectivity index (χ3n) is 4.51. The van der Waals surface area contributed by atoms with Gasteiger partial charge in [-0.3, -0.25) is 0 Å². The summed E-state index contributed by atoms with van der Waals surface area (Å²) in [4.78, 5) is 2.44. The van der Waals surface area contributed by atoms with E-state index in [9.17, 15) is 5.11 Å². The lowest BCUT2D eigenvalue weighted by Crippen LogP contribution is -2.44. The van der Waals surface area contributed by atoms with Gasteiger partial charge in [-0.1, -0.05) is 19.8 Å². The minimum Gasteiger partial charge on any atom is -0.396 e. The molecule has 120 valence electrons. The Balaban J connectivity index is 2.54. The van der Waals surface area contributed by atoms with Crippen molar-refractivity contribution in [3.8, 4) is 0 Å². The van der Waals surface area contributed by atoms with Crippen molar-refractivity contribution in [2.24, 2.45) is 11.3 Å². The molecule has 0 spiro atoms. The van der Waals surface area contributed by atoms with Crippen LogP contribution in [0, 0.1) is 11.3 Å². The van der Waals surface area contributed by atoms with Crippen LogP contribution in [-0.2, 0) is 9.47 Å². The van der Waals surface area contributed by atoms with Gasteiger partial charge in [-0.2, -0.15) is 0 Å². The number of hydrogen-bond acceptors (Lipinski definition) is 4. The number of rotatable bonds is 10. The Kier molecular flexibility index (Phi) is 8.69. The van der Waals surface area contributed by atoms with E-state index in [2.05, 4.69) is 11.8 Å². The Morgan fingerprint density at radius 1 is 1.20 bits per heavy atom. The van der Waals surface area contributed by atoms with Crippen molar-refractivity contribution >= 4 is 0 Å². The normalized spacial score (nSPS) is 27.1. The van der Waals surface area contributed by atoms with E-state index >= 15 is 0 Å². The lowest BCUT2D eigenvalue weighted by atomic mass is 9.70. The molecular weight excluding hydrogens is 254 g/mol. The van der Waals surface area contributed by atoms with Crippen molar-refractivity contribution in [3.63, 3.8) is 0 Å². The molecule has 0 bridgehead atoms. The lowest BCUT2D eigenvalue weighted by Gasteiger charge is -2.42. The number of ether oxygens (including phenoxy) is 2. The zero-order valence-electron chi connectivity index (χ0n) is 13.6. The maximum Gasteiger partial charge on any atom is 0.0589 e. The highest BCUT2D eigenvalue weighted by Crippen LogP contribution is 2.39. The minimum atomic E-state index is 0.0957. The molecule has 2 atom stereocenters. The molecule has 1 rings (SSSR count). The second-order valence-electron chi connectivity index (χ2n) is 6.47. The Hall–Kier alpha value is -0.160. The molecule has 1 aliphatic rings. The summed E-state index contributed by atoms with van der Waals surface area (Å²) >= 11 is 0. The van der Waals surface area contributed by atoms with Gasteiger partial charge in [-0.25, -0.2) is 0 Å². The van der Waals surface area contributed by atoms with Gasteiger partial charge in [-0.15, -0.1) is 0 Å². The molecule has 0 aliphatic heterocycles. The van der Waals surface area contributed by atoms with Crippen LogP contribution in [0.3, 0.4) is 0 Å². The molecule has 0 radical (unpaired) electrons. The Morgan fingerprint density at radius 2 is 1.95 bits per heavy atom. The van der Waals surface area contributed by atoms with Crippen LogP contribution in [0.4, 0.5) is 0 Å². The summed E-state index contributed by atoms with van der Waals surface area (Å²) in [5.41, 5.74) is 0.0957. The highest BCUT2D eigenvalue weighted by atomic mass is 16.5. The smallest absolute Gasteiger partial charge is 0.0589 e. The number of nitrogens with zero attached hydrogens (tertiary/aromatic N) is 1. The zero-order valence-corrected chi connectivity index (χ0v) is 13.6. The molecule has 0 aromatic carbocycles. The van der Waals surface area contributed by atoms with Crippen molar-refractivity contribution < 1.29 is 14.6 Å². The fourth-order valence-corrected chi connectivity index (χ4v) is 3.50. The maximum absolute atomic E-state index is 9.92. The number of aliphatic hydroxyl groups excluding tert-OH is 1. The molecule has 0 aromatic rings. The van der Waals surface area contributed by atoms with Crippen molar-refractivity contribution in [2.75, 3.05) is 53.7 Å². The Labute approximate surface area is 124 Å². The average molecular weight is 287 g/mol. The summed E-state index contributed by atoms with van der Waals surface area (Å²) < 4.78 is 10.4. The van der Waals surface area contributed by atoms with E-state index in [1.807, 2.05) is 0 Å². The van der Waals surface area contributed by atoms with Crippen molar-refractivity contribution in [2.45, 2.75) is 39.0 Å². The van der Waals surface area contributed by atoms with Crippen molar-refractivity contribution in [1.29, 1.82) is 0 Å². The van der Waals surface area contributed by atoms with Gasteiger partial charge >= 0.3 is 0 Å². The van der Waals surface area contributed by atoms with Crippen molar-refractivity contribution in [1.82, 2.24) is 4.90 Å². The highest BCUT2D eigenvalue weighted by molar-refractivity contribution is 4.87. The van der Waals surface area contributed by atoms with Crippen molar-refractivity contribution in [3.05, 3.63) is 0 Å². The van der Waals surface area contributed by atoms with Gasteiger partial charge in [-0.05, 0) is 25.2 Å². The Bertz CT molecular complexity index is 250. The predicted molar refractivity (Wildman–Crippen MR) is 82.0 cm³/mol. The molecular formula is C16H33NO3. The molecule has 20 heavy (non-hydrogen) atoms. The van der Waals surface area contributed by atoms with E-state index in [-0.39, 0.29) is 5.41 Å². The van der Waals surface area contributed by atoms with E-state index in [1.165, 1.54) is 12.8 Å². The summed E-state index contributed by atoms with van der Waals surface area (Å²) in [5, 5.41) is 9.92. The molecule has 1 N–H and O–H groups in total. The average Bonchev–Trinajstić information content (AvgIpc) is 2.45. The van der Waals surface area contributed by atoms with Gasteiger partial charge in [0.25, 0.3) is 0 Å². The molecule has 0 amide bonds. The van der Waals surface area contributed by atoms with Gasteiger partial charge in [0, 0.05) is 52.5 Å². The van der Waals surface area contributed by atoms with Gasteiger partial charge < -0.3 is 19.5 Å². The lowest BCUT2D eigenvalue weighted by molar-refractivity contribution is 0.0147. The molecule has 2 unspecified atom stereocenters. The first-order valence-electron chi connectivity index (χ1n) is 7.97. The van der Waals surface area contributed by atoms with E-state index in [4.69, 9.17) is 9.47 Å². The molecule has 4 heteroatoms. The van der Waals surface area contributed by atoms with Crippen LogP contribution < -0.4 is 0 Å². The number of aliphatic hydroxyl groups is 1. The number of methoxy groups -OCH3 is 2. The van der Waals surface area contributed by atoms with Crippen LogP contribution in [0.25, 0.3) is 0 Å². The van der Waals surface area contributed by atoms with E-state index in [1.54, 1.807) is 14.2 Å². The third-order valence-corrected chi connectivity index (χ3v) is 4.51. The van der Waals surface area contributed by atoms with Crippen LogP contribution in [0.2, 0.25) is 0 Å². The second kappa shape index (κ2) is 9.72. The molecule has 0 saturated heterocycles. The number of hydrogen-bond donors (Lipinski definition) is 1. The predicted octanol–water partition coefficient (Wildman–Crippen LogP) is 2.16. The fourth-order valence-electron chi connectivity index (χ4n) is 3.50. The molecule has 0 aromatic heterocycles.